The fraction of sp³-hybridized carbons (Fsp3) is 0.360. The lowest BCUT2D eigenvalue weighted by Gasteiger charge is -2.28. The Morgan fingerprint density at radius 3 is 2.45 bits per heavy atom. The summed E-state index contributed by atoms with van der Waals surface area (Å²) in [6.45, 7) is 2.05. The predicted molar refractivity (Wildman–Crippen MR) is 126 cm³/mol. The highest BCUT2D eigenvalue weighted by molar-refractivity contribution is 7.16. The van der Waals surface area contributed by atoms with Crippen LogP contribution in [0.5, 0.6) is 11.5 Å². The van der Waals surface area contributed by atoms with E-state index in [4.69, 9.17) is 14.5 Å². The average Bonchev–Trinajstić information content (AvgIpc) is 3.21. The van der Waals surface area contributed by atoms with E-state index in [1.807, 2.05) is 48.5 Å². The molecule has 1 heterocycles. The highest BCUT2D eigenvalue weighted by atomic mass is 32.1. The Hall–Kier alpha value is -2.86. The zero-order valence-electron chi connectivity index (χ0n) is 18.3. The van der Waals surface area contributed by atoms with Crippen LogP contribution in [0.3, 0.4) is 0 Å². The minimum atomic E-state index is 0.00457. The van der Waals surface area contributed by atoms with E-state index >= 15 is 0 Å². The number of nitrogens with zero attached hydrogens (tertiary/aromatic N) is 2. The van der Waals surface area contributed by atoms with E-state index < -0.39 is 0 Å². The van der Waals surface area contributed by atoms with Crippen molar-refractivity contribution in [2.45, 2.75) is 39.0 Å². The van der Waals surface area contributed by atoms with Crippen LogP contribution < -0.4 is 14.4 Å². The molecule has 0 unspecified atom stereocenters. The molecular formula is C25H28N2O3S. The van der Waals surface area contributed by atoms with Crippen LogP contribution in [0.15, 0.2) is 48.5 Å². The Morgan fingerprint density at radius 1 is 1.03 bits per heavy atom. The summed E-state index contributed by atoms with van der Waals surface area (Å²) in [7, 11) is 3.24. The first-order valence-corrected chi connectivity index (χ1v) is 11.5. The molecular weight excluding hydrogens is 408 g/mol. The molecule has 0 aliphatic heterocycles. The quantitative estimate of drug-likeness (QED) is 0.450. The van der Waals surface area contributed by atoms with Crippen LogP contribution >= 0.6 is 11.3 Å². The van der Waals surface area contributed by atoms with Crippen LogP contribution in [0.1, 0.15) is 37.0 Å². The number of aryl methyl sites for hydroxylation is 1. The van der Waals surface area contributed by atoms with Gasteiger partial charge in [-0.3, -0.25) is 9.69 Å². The maximum atomic E-state index is 13.8. The normalized spacial score (nSPS) is 14.3. The van der Waals surface area contributed by atoms with E-state index in [-0.39, 0.29) is 11.8 Å². The van der Waals surface area contributed by atoms with E-state index in [1.165, 1.54) is 6.42 Å². The Kier molecular flexibility index (Phi) is 6.56. The number of amides is 1. The van der Waals surface area contributed by atoms with Gasteiger partial charge < -0.3 is 9.47 Å². The molecule has 3 aromatic rings. The number of hydrogen-bond acceptors (Lipinski definition) is 5. The van der Waals surface area contributed by atoms with Crippen LogP contribution in [-0.2, 0) is 4.79 Å². The van der Waals surface area contributed by atoms with Crippen molar-refractivity contribution in [1.82, 2.24) is 4.98 Å². The lowest BCUT2D eigenvalue weighted by molar-refractivity contribution is -0.122. The summed E-state index contributed by atoms with van der Waals surface area (Å²) >= 11 is 1.54. The van der Waals surface area contributed by atoms with Crippen LogP contribution in [-0.4, -0.2) is 25.1 Å². The standard InChI is InChI=1S/C25H28N2O3S/c1-17-23(18-10-6-4-7-11-18)26-25(31-17)27(24(28)19-12-8-5-9-13-19)21-15-14-20(29-2)16-22(21)30-3/h4,6-7,10-11,14-16,19H,5,8-9,12-13H2,1-3H3. The molecule has 1 aliphatic carbocycles. The monoisotopic (exact) mass is 436 g/mol. The molecule has 4 rings (SSSR count). The molecule has 0 N–H and O–H groups in total. The Morgan fingerprint density at radius 2 is 1.77 bits per heavy atom. The fourth-order valence-electron chi connectivity index (χ4n) is 4.16. The molecule has 0 atom stereocenters. The van der Waals surface area contributed by atoms with Crippen LogP contribution in [0, 0.1) is 12.8 Å². The van der Waals surface area contributed by atoms with Crippen molar-refractivity contribution in [1.29, 1.82) is 0 Å². The summed E-state index contributed by atoms with van der Waals surface area (Å²) in [5.41, 5.74) is 2.66. The molecule has 162 valence electrons. The van der Waals surface area contributed by atoms with Gasteiger partial charge in [-0.1, -0.05) is 49.6 Å². The van der Waals surface area contributed by atoms with E-state index in [0.29, 0.717) is 22.3 Å². The largest absolute Gasteiger partial charge is 0.497 e. The number of anilines is 2. The maximum Gasteiger partial charge on any atom is 0.236 e. The first-order valence-electron chi connectivity index (χ1n) is 10.7. The second-order valence-electron chi connectivity index (χ2n) is 7.81. The summed E-state index contributed by atoms with van der Waals surface area (Å²) in [5.74, 6) is 1.38. The second kappa shape index (κ2) is 9.52. The first kappa shape index (κ1) is 21.4. The van der Waals surface area contributed by atoms with Gasteiger partial charge in [0.1, 0.15) is 11.5 Å². The second-order valence-corrected chi connectivity index (χ2v) is 9.00. The number of carbonyl (C=O) groups is 1. The Bertz CT molecular complexity index is 1040. The average molecular weight is 437 g/mol. The number of aromatic nitrogens is 1. The van der Waals surface area contributed by atoms with E-state index in [0.717, 1.165) is 41.8 Å². The third kappa shape index (κ3) is 4.44. The molecule has 0 saturated heterocycles. The van der Waals surface area contributed by atoms with Crippen molar-refractivity contribution in [2.24, 2.45) is 5.92 Å². The van der Waals surface area contributed by atoms with E-state index in [1.54, 1.807) is 30.5 Å². The van der Waals surface area contributed by atoms with Gasteiger partial charge in [0, 0.05) is 22.4 Å². The zero-order valence-corrected chi connectivity index (χ0v) is 19.1. The molecule has 2 aromatic carbocycles. The van der Waals surface area contributed by atoms with Crippen LogP contribution in [0.4, 0.5) is 10.8 Å². The van der Waals surface area contributed by atoms with Crippen LogP contribution in [0.25, 0.3) is 11.3 Å². The molecule has 1 aliphatic rings. The number of methoxy groups -OCH3 is 2. The highest BCUT2D eigenvalue weighted by Gasteiger charge is 2.32. The summed E-state index contributed by atoms with van der Waals surface area (Å²) in [4.78, 5) is 21.6. The number of carbonyl (C=O) groups excluding carboxylic acids is 1. The van der Waals surface area contributed by atoms with Gasteiger partial charge in [0.25, 0.3) is 0 Å². The van der Waals surface area contributed by atoms with Crippen molar-refractivity contribution in [3.05, 3.63) is 53.4 Å². The van der Waals surface area contributed by atoms with E-state index in [2.05, 4.69) is 6.92 Å². The van der Waals surface area contributed by atoms with Gasteiger partial charge in [-0.25, -0.2) is 4.98 Å². The van der Waals surface area contributed by atoms with Gasteiger partial charge in [-0.2, -0.15) is 0 Å². The van der Waals surface area contributed by atoms with E-state index in [9.17, 15) is 4.79 Å². The molecule has 1 fully saturated rings. The molecule has 1 amide bonds. The van der Waals surface area contributed by atoms with Gasteiger partial charge in [0.2, 0.25) is 5.91 Å². The lowest BCUT2D eigenvalue weighted by atomic mass is 9.88. The van der Waals surface area contributed by atoms with Gasteiger partial charge in [-0.05, 0) is 31.9 Å². The maximum absolute atomic E-state index is 13.8. The zero-order chi connectivity index (χ0) is 21.8. The summed E-state index contributed by atoms with van der Waals surface area (Å²) < 4.78 is 11.0. The summed E-state index contributed by atoms with van der Waals surface area (Å²) in [6, 6.07) is 15.7. The van der Waals surface area contributed by atoms with Gasteiger partial charge in [0.05, 0.1) is 25.6 Å². The van der Waals surface area contributed by atoms with Crippen molar-refractivity contribution >= 4 is 28.1 Å². The fourth-order valence-corrected chi connectivity index (χ4v) is 5.11. The van der Waals surface area contributed by atoms with Crippen molar-refractivity contribution in [3.8, 4) is 22.8 Å². The first-order chi connectivity index (χ1) is 15.1. The van der Waals surface area contributed by atoms with Gasteiger partial charge in [0.15, 0.2) is 5.13 Å². The number of hydrogen-bond donors (Lipinski definition) is 0. The smallest absolute Gasteiger partial charge is 0.236 e. The topological polar surface area (TPSA) is 51.7 Å². The number of thiazole rings is 1. The summed E-state index contributed by atoms with van der Waals surface area (Å²) in [5, 5.41) is 0.676. The third-order valence-corrected chi connectivity index (χ3v) is 6.78. The Balaban J connectivity index is 1.81. The van der Waals surface area contributed by atoms with Crippen LogP contribution in [0.2, 0.25) is 0 Å². The number of rotatable bonds is 6. The molecule has 31 heavy (non-hydrogen) atoms. The molecule has 0 bridgehead atoms. The predicted octanol–water partition coefficient (Wildman–Crippen LogP) is 6.38. The minimum Gasteiger partial charge on any atom is -0.497 e. The molecule has 1 aromatic heterocycles. The van der Waals surface area contributed by atoms with Crippen molar-refractivity contribution < 1.29 is 14.3 Å². The SMILES string of the molecule is COc1ccc(N(C(=O)C2CCCCC2)c2nc(-c3ccccc3)c(C)s2)c(OC)c1. The molecule has 6 heteroatoms. The highest BCUT2D eigenvalue weighted by Crippen LogP contribution is 2.42. The minimum absolute atomic E-state index is 0.00457. The van der Waals surface area contributed by atoms with Gasteiger partial charge in [-0.15, -0.1) is 11.3 Å². The number of benzene rings is 2. The van der Waals surface area contributed by atoms with Crippen molar-refractivity contribution in [3.63, 3.8) is 0 Å². The third-order valence-electron chi connectivity index (χ3n) is 5.83. The molecule has 0 spiro atoms. The Labute approximate surface area is 187 Å². The van der Waals surface area contributed by atoms with Gasteiger partial charge >= 0.3 is 0 Å². The summed E-state index contributed by atoms with van der Waals surface area (Å²) in [6.07, 6.45) is 5.23. The molecule has 5 nitrogen and oxygen atoms in total. The molecule has 1 saturated carbocycles. The lowest BCUT2D eigenvalue weighted by Crippen LogP contribution is -2.33. The van der Waals surface area contributed by atoms with Crippen molar-refractivity contribution in [2.75, 3.05) is 19.1 Å². The number of ether oxygens (including phenoxy) is 2. The molecule has 0 radical (unpaired) electrons.